The number of hydrogen-bond donors (Lipinski definition) is 2. The first-order valence-corrected chi connectivity index (χ1v) is 6.33. The lowest BCUT2D eigenvalue weighted by Gasteiger charge is -2.55. The van der Waals surface area contributed by atoms with Crippen molar-refractivity contribution in [1.82, 2.24) is 10.6 Å². The molecule has 3 fully saturated rings. The van der Waals surface area contributed by atoms with Gasteiger partial charge in [-0.2, -0.15) is 0 Å². The lowest BCUT2D eigenvalue weighted by Crippen LogP contribution is -2.62. The molecule has 2 bridgehead atoms. The summed E-state index contributed by atoms with van der Waals surface area (Å²) in [5.74, 6) is 1.85. The maximum absolute atomic E-state index is 3.62. The third-order valence-corrected chi connectivity index (χ3v) is 4.97. The zero-order chi connectivity index (χ0) is 9.43. The highest BCUT2D eigenvalue weighted by atomic mass is 15.0. The van der Waals surface area contributed by atoms with Gasteiger partial charge in [0, 0.05) is 0 Å². The Labute approximate surface area is 86.8 Å². The molecule has 0 aromatic heterocycles. The molecule has 2 N–H and O–H groups in total. The molecule has 0 radical (unpaired) electrons. The van der Waals surface area contributed by atoms with E-state index in [-0.39, 0.29) is 0 Å². The maximum Gasteiger partial charge on any atom is -0.000280 e. The first-order chi connectivity index (χ1) is 6.92. The van der Waals surface area contributed by atoms with Crippen molar-refractivity contribution in [2.75, 3.05) is 26.2 Å². The average molecular weight is 194 g/mol. The van der Waals surface area contributed by atoms with Gasteiger partial charge in [0.05, 0.1) is 0 Å². The van der Waals surface area contributed by atoms with Crippen molar-refractivity contribution < 1.29 is 0 Å². The van der Waals surface area contributed by atoms with E-state index in [0.29, 0.717) is 0 Å². The Morgan fingerprint density at radius 1 is 0.714 bits per heavy atom. The quantitative estimate of drug-likeness (QED) is 0.609. The lowest BCUT2D eigenvalue weighted by atomic mass is 9.56. The Morgan fingerprint density at radius 3 is 1.71 bits per heavy atom. The van der Waals surface area contributed by atoms with Crippen LogP contribution >= 0.6 is 0 Å². The van der Waals surface area contributed by atoms with Gasteiger partial charge in [-0.3, -0.25) is 0 Å². The molecule has 0 aromatic rings. The second kappa shape index (κ2) is 3.49. The summed E-state index contributed by atoms with van der Waals surface area (Å²) in [6, 6.07) is 0. The Kier molecular flexibility index (Phi) is 2.29. The molecule has 2 heteroatoms. The van der Waals surface area contributed by atoms with Gasteiger partial charge in [0.1, 0.15) is 0 Å². The zero-order valence-electron chi connectivity index (χ0n) is 9.02. The zero-order valence-corrected chi connectivity index (χ0v) is 9.02. The number of hydrogen-bond acceptors (Lipinski definition) is 2. The Morgan fingerprint density at radius 2 is 1.21 bits per heavy atom. The van der Waals surface area contributed by atoms with Crippen molar-refractivity contribution in [2.24, 2.45) is 17.3 Å². The first kappa shape index (κ1) is 9.17. The van der Waals surface area contributed by atoms with E-state index in [1.807, 2.05) is 0 Å². The molecule has 2 saturated heterocycles. The normalized spacial score (nSPS) is 41.1. The van der Waals surface area contributed by atoms with E-state index in [1.165, 1.54) is 58.3 Å². The van der Waals surface area contributed by atoms with E-state index in [0.717, 1.165) is 17.3 Å². The van der Waals surface area contributed by atoms with E-state index in [2.05, 4.69) is 10.6 Å². The third-order valence-electron chi connectivity index (χ3n) is 4.97. The van der Waals surface area contributed by atoms with Crippen molar-refractivity contribution in [1.29, 1.82) is 0 Å². The molecule has 2 nitrogen and oxygen atoms in total. The predicted octanol–water partition coefficient (Wildman–Crippen LogP) is 1.38. The van der Waals surface area contributed by atoms with Crippen LogP contribution in [0.1, 0.15) is 32.1 Å². The standard InChI is InChI=1S/C12H22N2/c1-2-4-12(5-3-1)10-6-13-8-11(12)9-14-7-10/h10-11,13-14H,1-9H2. The maximum atomic E-state index is 3.62. The molecule has 3 aliphatic rings. The van der Waals surface area contributed by atoms with Crippen LogP contribution in [-0.4, -0.2) is 26.2 Å². The van der Waals surface area contributed by atoms with Gasteiger partial charge in [-0.1, -0.05) is 19.3 Å². The summed E-state index contributed by atoms with van der Waals surface area (Å²) in [6.45, 7) is 5.07. The van der Waals surface area contributed by atoms with Gasteiger partial charge in [-0.05, 0) is 56.3 Å². The molecule has 0 amide bonds. The van der Waals surface area contributed by atoms with Crippen LogP contribution in [0.5, 0.6) is 0 Å². The molecule has 3 rings (SSSR count). The summed E-state index contributed by atoms with van der Waals surface area (Å²) >= 11 is 0. The fraction of sp³-hybridized carbons (Fsp3) is 1.00. The number of rotatable bonds is 0. The fourth-order valence-corrected chi connectivity index (χ4v) is 4.18. The minimum Gasteiger partial charge on any atom is -0.316 e. The topological polar surface area (TPSA) is 24.1 Å². The van der Waals surface area contributed by atoms with Crippen LogP contribution in [0.4, 0.5) is 0 Å². The van der Waals surface area contributed by atoms with Crippen molar-refractivity contribution in [2.45, 2.75) is 32.1 Å². The Bertz CT molecular complexity index is 184. The van der Waals surface area contributed by atoms with Crippen LogP contribution in [0.15, 0.2) is 0 Å². The highest BCUT2D eigenvalue weighted by Gasteiger charge is 2.49. The van der Waals surface area contributed by atoms with Crippen LogP contribution < -0.4 is 10.6 Å². The Balaban J connectivity index is 1.86. The highest BCUT2D eigenvalue weighted by molar-refractivity contribution is 5.02. The molecule has 0 aromatic carbocycles. The molecule has 2 aliphatic heterocycles. The van der Waals surface area contributed by atoms with Gasteiger partial charge < -0.3 is 10.6 Å². The van der Waals surface area contributed by atoms with Gasteiger partial charge in [-0.25, -0.2) is 0 Å². The summed E-state index contributed by atoms with van der Waals surface area (Å²) in [6.07, 6.45) is 7.51. The highest BCUT2D eigenvalue weighted by Crippen LogP contribution is 2.50. The molecular weight excluding hydrogens is 172 g/mol. The van der Waals surface area contributed by atoms with E-state index in [1.54, 1.807) is 0 Å². The predicted molar refractivity (Wildman–Crippen MR) is 58.2 cm³/mol. The van der Waals surface area contributed by atoms with E-state index in [4.69, 9.17) is 0 Å². The first-order valence-electron chi connectivity index (χ1n) is 6.33. The lowest BCUT2D eigenvalue weighted by molar-refractivity contribution is -0.0257. The van der Waals surface area contributed by atoms with Crippen molar-refractivity contribution >= 4 is 0 Å². The monoisotopic (exact) mass is 194 g/mol. The summed E-state index contributed by atoms with van der Waals surface area (Å²) in [5, 5.41) is 7.24. The van der Waals surface area contributed by atoms with Crippen LogP contribution in [0, 0.1) is 17.3 Å². The summed E-state index contributed by atoms with van der Waals surface area (Å²) in [7, 11) is 0. The van der Waals surface area contributed by atoms with Crippen LogP contribution in [-0.2, 0) is 0 Å². The molecule has 0 atom stereocenters. The molecule has 1 spiro atoms. The summed E-state index contributed by atoms with van der Waals surface area (Å²) in [5.41, 5.74) is 0.745. The SMILES string of the molecule is C1CCC2(CC1)C1CNCC2CNC1. The summed E-state index contributed by atoms with van der Waals surface area (Å²) < 4.78 is 0. The van der Waals surface area contributed by atoms with Gasteiger partial charge in [0.15, 0.2) is 0 Å². The van der Waals surface area contributed by atoms with E-state index in [9.17, 15) is 0 Å². The summed E-state index contributed by atoms with van der Waals surface area (Å²) in [4.78, 5) is 0. The third kappa shape index (κ3) is 1.24. The van der Waals surface area contributed by atoms with Gasteiger partial charge in [-0.15, -0.1) is 0 Å². The van der Waals surface area contributed by atoms with Gasteiger partial charge in [0.2, 0.25) is 0 Å². The second-order valence-corrected chi connectivity index (χ2v) is 5.50. The fourth-order valence-electron chi connectivity index (χ4n) is 4.18. The largest absolute Gasteiger partial charge is 0.316 e. The van der Waals surface area contributed by atoms with Gasteiger partial charge >= 0.3 is 0 Å². The molecule has 80 valence electrons. The van der Waals surface area contributed by atoms with Crippen molar-refractivity contribution in [3.05, 3.63) is 0 Å². The molecule has 2 heterocycles. The van der Waals surface area contributed by atoms with E-state index < -0.39 is 0 Å². The molecule has 14 heavy (non-hydrogen) atoms. The second-order valence-electron chi connectivity index (χ2n) is 5.50. The van der Waals surface area contributed by atoms with Crippen LogP contribution in [0.3, 0.4) is 0 Å². The minimum atomic E-state index is 0.745. The van der Waals surface area contributed by atoms with Crippen LogP contribution in [0.25, 0.3) is 0 Å². The average Bonchev–Trinajstić information content (AvgIpc) is 2.18. The Hall–Kier alpha value is -0.0800. The molecule has 1 aliphatic carbocycles. The van der Waals surface area contributed by atoms with E-state index >= 15 is 0 Å². The van der Waals surface area contributed by atoms with Crippen molar-refractivity contribution in [3.63, 3.8) is 0 Å². The van der Waals surface area contributed by atoms with Crippen LogP contribution in [0.2, 0.25) is 0 Å². The van der Waals surface area contributed by atoms with Gasteiger partial charge in [0.25, 0.3) is 0 Å². The van der Waals surface area contributed by atoms with Crippen molar-refractivity contribution in [3.8, 4) is 0 Å². The molecule has 1 saturated carbocycles. The molecular formula is C12H22N2. The minimum absolute atomic E-state index is 0.745. The molecule has 0 unspecified atom stereocenters. The number of piperidine rings is 2. The number of nitrogens with one attached hydrogen (secondary N) is 2. The smallest absolute Gasteiger partial charge is 0.000280 e.